The van der Waals surface area contributed by atoms with Gasteiger partial charge in [-0.2, -0.15) is 0 Å². The zero-order valence-corrected chi connectivity index (χ0v) is 19.4. The fourth-order valence-electron chi connectivity index (χ4n) is 4.27. The number of anilines is 1. The monoisotopic (exact) mass is 436 g/mol. The average molecular weight is 437 g/mol. The van der Waals surface area contributed by atoms with Gasteiger partial charge in [-0.3, -0.25) is 4.79 Å². The van der Waals surface area contributed by atoms with E-state index in [2.05, 4.69) is 23.7 Å². The highest BCUT2D eigenvalue weighted by molar-refractivity contribution is 7.99. The Morgan fingerprint density at radius 3 is 3.07 bits per heavy atom. The quantitative estimate of drug-likeness (QED) is 0.352. The third kappa shape index (κ3) is 6.03. The third-order valence-corrected chi connectivity index (χ3v) is 7.07. The van der Waals surface area contributed by atoms with Gasteiger partial charge in [0.15, 0.2) is 11.6 Å². The van der Waals surface area contributed by atoms with E-state index >= 15 is 0 Å². The van der Waals surface area contributed by atoms with E-state index in [1.165, 1.54) is 12.8 Å². The first-order valence-electron chi connectivity index (χ1n) is 11.3. The first-order chi connectivity index (χ1) is 14.7. The summed E-state index contributed by atoms with van der Waals surface area (Å²) in [6.45, 7) is 7.32. The highest BCUT2D eigenvalue weighted by atomic mass is 32.2. The Kier molecular flexibility index (Phi) is 9.12. The van der Waals surface area contributed by atoms with Gasteiger partial charge < -0.3 is 19.1 Å². The molecule has 1 aromatic rings. The van der Waals surface area contributed by atoms with Crippen LogP contribution in [-0.2, 0) is 14.3 Å². The summed E-state index contributed by atoms with van der Waals surface area (Å²) in [6.07, 6.45) is 7.91. The minimum absolute atomic E-state index is 0.108. The summed E-state index contributed by atoms with van der Waals surface area (Å²) in [5.41, 5.74) is 0. The Bertz CT molecular complexity index is 687. The van der Waals surface area contributed by atoms with Crippen molar-refractivity contribution in [3.05, 3.63) is 12.3 Å². The molecular formula is C23H36N2O4S. The smallest absolute Gasteiger partial charge is 0.306 e. The van der Waals surface area contributed by atoms with E-state index in [-0.39, 0.29) is 5.97 Å². The standard InChI is InChI=1S/C23H36N2O4S/c1-4-6-7-17(5-2)15-28-21(26)9-11-30-20-8-10-24-23-22(20)29-16-19-12-18(14-27-3)13-25(19)23/h8,10,17-19H,4-7,9,11-16H2,1-3H3/t17?,18?,19-/m0/s1. The molecule has 2 unspecified atom stereocenters. The minimum atomic E-state index is -0.108. The van der Waals surface area contributed by atoms with Crippen molar-refractivity contribution >= 4 is 23.5 Å². The summed E-state index contributed by atoms with van der Waals surface area (Å²) in [5, 5.41) is 0. The Balaban J connectivity index is 1.48. The van der Waals surface area contributed by atoms with Crippen LogP contribution in [0.25, 0.3) is 0 Å². The lowest BCUT2D eigenvalue weighted by molar-refractivity contribution is -0.144. The second-order valence-electron chi connectivity index (χ2n) is 8.33. The number of hydrogen-bond acceptors (Lipinski definition) is 7. The number of methoxy groups -OCH3 is 1. The number of hydrogen-bond donors (Lipinski definition) is 0. The molecule has 3 atom stereocenters. The maximum absolute atomic E-state index is 12.2. The second-order valence-corrected chi connectivity index (χ2v) is 9.47. The van der Waals surface area contributed by atoms with Gasteiger partial charge in [-0.05, 0) is 24.8 Å². The number of esters is 1. The Hall–Kier alpha value is -1.47. The predicted octanol–water partition coefficient (Wildman–Crippen LogP) is 4.56. The highest BCUT2D eigenvalue weighted by Gasteiger charge is 2.38. The van der Waals surface area contributed by atoms with E-state index < -0.39 is 0 Å². The van der Waals surface area contributed by atoms with Crippen LogP contribution in [0.1, 0.15) is 52.4 Å². The van der Waals surface area contributed by atoms with Crippen LogP contribution in [-0.4, -0.2) is 56.2 Å². The fourth-order valence-corrected chi connectivity index (χ4v) is 5.19. The predicted molar refractivity (Wildman–Crippen MR) is 120 cm³/mol. The van der Waals surface area contributed by atoms with Gasteiger partial charge in [0.1, 0.15) is 6.61 Å². The molecule has 1 saturated heterocycles. The van der Waals surface area contributed by atoms with Crippen LogP contribution < -0.4 is 9.64 Å². The van der Waals surface area contributed by atoms with E-state index in [0.29, 0.717) is 43.3 Å². The van der Waals surface area contributed by atoms with Crippen LogP contribution in [0.3, 0.4) is 0 Å². The molecule has 0 spiro atoms. The van der Waals surface area contributed by atoms with Crippen molar-refractivity contribution < 1.29 is 19.0 Å². The topological polar surface area (TPSA) is 60.9 Å². The maximum atomic E-state index is 12.2. The van der Waals surface area contributed by atoms with Crippen molar-refractivity contribution in [3.63, 3.8) is 0 Å². The largest absolute Gasteiger partial charge is 0.486 e. The van der Waals surface area contributed by atoms with Crippen molar-refractivity contribution in [1.82, 2.24) is 4.98 Å². The van der Waals surface area contributed by atoms with E-state index in [9.17, 15) is 4.79 Å². The lowest BCUT2D eigenvalue weighted by Crippen LogP contribution is -2.39. The number of carbonyl (C=O) groups excluding carboxylic acids is 1. The summed E-state index contributed by atoms with van der Waals surface area (Å²) in [4.78, 5) is 20.2. The average Bonchev–Trinajstić information content (AvgIpc) is 3.17. The highest BCUT2D eigenvalue weighted by Crippen LogP contribution is 2.43. The number of nitrogens with zero attached hydrogens (tertiary/aromatic N) is 2. The second kappa shape index (κ2) is 11.8. The molecule has 2 aliphatic heterocycles. The molecule has 6 nitrogen and oxygen atoms in total. The number of unbranched alkanes of at least 4 members (excludes halogenated alkanes) is 1. The molecule has 2 aliphatic rings. The fraction of sp³-hybridized carbons (Fsp3) is 0.739. The molecule has 0 saturated carbocycles. The van der Waals surface area contributed by atoms with Crippen LogP contribution in [0.4, 0.5) is 5.82 Å². The molecule has 0 bridgehead atoms. The van der Waals surface area contributed by atoms with Gasteiger partial charge in [-0.25, -0.2) is 4.98 Å². The SMILES string of the molecule is CCCCC(CC)COC(=O)CCSc1ccnc2c1OC[C@@H]1CC(COC)CN21. The number of aromatic nitrogens is 1. The molecule has 1 aromatic heterocycles. The molecule has 3 rings (SSSR count). The van der Waals surface area contributed by atoms with Crippen LogP contribution >= 0.6 is 11.8 Å². The molecule has 7 heteroatoms. The van der Waals surface area contributed by atoms with Crippen LogP contribution in [0.15, 0.2) is 17.2 Å². The zero-order valence-electron chi connectivity index (χ0n) is 18.6. The molecule has 0 aromatic carbocycles. The molecule has 0 aliphatic carbocycles. The first-order valence-corrected chi connectivity index (χ1v) is 12.3. The van der Waals surface area contributed by atoms with E-state index in [1.54, 1.807) is 18.9 Å². The summed E-state index contributed by atoms with van der Waals surface area (Å²) in [5.74, 6) is 3.36. The molecule has 0 amide bonds. The lowest BCUT2D eigenvalue weighted by atomic mass is 10.0. The lowest BCUT2D eigenvalue weighted by Gasteiger charge is -2.33. The Labute approximate surface area is 185 Å². The van der Waals surface area contributed by atoms with Gasteiger partial charge in [0.25, 0.3) is 0 Å². The van der Waals surface area contributed by atoms with Gasteiger partial charge in [-0.1, -0.05) is 33.1 Å². The molecule has 168 valence electrons. The third-order valence-electron chi connectivity index (χ3n) is 6.03. The summed E-state index contributed by atoms with van der Waals surface area (Å²) < 4.78 is 17.0. The van der Waals surface area contributed by atoms with Crippen molar-refractivity contribution in [1.29, 1.82) is 0 Å². The molecule has 0 N–H and O–H groups in total. The molecule has 1 fully saturated rings. The van der Waals surface area contributed by atoms with Gasteiger partial charge >= 0.3 is 5.97 Å². The van der Waals surface area contributed by atoms with Crippen molar-refractivity contribution in [2.45, 2.75) is 63.3 Å². The number of ether oxygens (including phenoxy) is 3. The molecular weight excluding hydrogens is 400 g/mol. The van der Waals surface area contributed by atoms with Crippen molar-refractivity contribution in [3.8, 4) is 5.75 Å². The normalized spacial score (nSPS) is 21.0. The summed E-state index contributed by atoms with van der Waals surface area (Å²) in [7, 11) is 1.76. The van der Waals surface area contributed by atoms with Crippen molar-refractivity contribution in [2.24, 2.45) is 11.8 Å². The first kappa shape index (κ1) is 23.2. The number of fused-ring (bicyclic) bond motifs is 3. The van der Waals surface area contributed by atoms with E-state index in [0.717, 1.165) is 48.9 Å². The summed E-state index contributed by atoms with van der Waals surface area (Å²) >= 11 is 1.65. The summed E-state index contributed by atoms with van der Waals surface area (Å²) in [6, 6.07) is 2.36. The molecule has 3 heterocycles. The number of pyridine rings is 1. The maximum Gasteiger partial charge on any atom is 0.306 e. The van der Waals surface area contributed by atoms with Gasteiger partial charge in [-0.15, -0.1) is 11.8 Å². The van der Waals surface area contributed by atoms with Gasteiger partial charge in [0.05, 0.1) is 30.6 Å². The Morgan fingerprint density at radius 1 is 1.43 bits per heavy atom. The van der Waals surface area contributed by atoms with Crippen LogP contribution in [0.5, 0.6) is 5.75 Å². The Morgan fingerprint density at radius 2 is 2.30 bits per heavy atom. The van der Waals surface area contributed by atoms with Gasteiger partial charge in [0, 0.05) is 31.5 Å². The van der Waals surface area contributed by atoms with Crippen LogP contribution in [0, 0.1) is 11.8 Å². The van der Waals surface area contributed by atoms with E-state index in [4.69, 9.17) is 14.2 Å². The minimum Gasteiger partial charge on any atom is -0.486 e. The molecule has 30 heavy (non-hydrogen) atoms. The zero-order chi connectivity index (χ0) is 21.3. The van der Waals surface area contributed by atoms with Crippen LogP contribution in [0.2, 0.25) is 0 Å². The molecule has 0 radical (unpaired) electrons. The van der Waals surface area contributed by atoms with Gasteiger partial charge in [0.2, 0.25) is 0 Å². The van der Waals surface area contributed by atoms with Crippen molar-refractivity contribution in [2.75, 3.05) is 44.1 Å². The van der Waals surface area contributed by atoms with E-state index in [1.807, 2.05) is 12.3 Å². The number of thioether (sulfide) groups is 1. The number of carbonyl (C=O) groups is 1. The number of rotatable bonds is 12.